The van der Waals surface area contributed by atoms with Gasteiger partial charge in [0, 0.05) is 48.1 Å². The van der Waals surface area contributed by atoms with Crippen molar-refractivity contribution in [1.29, 1.82) is 0 Å². The molecule has 2 aromatic rings. The minimum Gasteiger partial charge on any atom is -0.507 e. The van der Waals surface area contributed by atoms with E-state index in [-0.39, 0.29) is 28.7 Å². The second kappa shape index (κ2) is 10.3. The average molecular weight is 476 g/mol. The summed E-state index contributed by atoms with van der Waals surface area (Å²) in [6.07, 6.45) is 1.12. The predicted molar refractivity (Wildman–Crippen MR) is 126 cm³/mol. The normalized spacial score (nSPS) is 19.1. The third-order valence-corrected chi connectivity index (χ3v) is 6.45. The number of methoxy groups -OCH3 is 2. The zero-order chi connectivity index (χ0) is 24.3. The summed E-state index contributed by atoms with van der Waals surface area (Å²) in [5.41, 5.74) is 0.972. The molecule has 0 spiro atoms. The van der Waals surface area contributed by atoms with E-state index >= 15 is 0 Å². The molecule has 0 radical (unpaired) electrons. The smallest absolute Gasteiger partial charge is 0.335 e. The van der Waals surface area contributed by atoms with Crippen molar-refractivity contribution in [2.75, 3.05) is 27.3 Å². The Balaban J connectivity index is 2.08. The molecular weight excluding hydrogens is 446 g/mol. The van der Waals surface area contributed by atoms with Crippen LogP contribution in [-0.2, 0) is 4.79 Å². The highest BCUT2D eigenvalue weighted by Gasteiger charge is 2.32. The van der Waals surface area contributed by atoms with Crippen LogP contribution in [0.4, 0.5) is 0 Å². The summed E-state index contributed by atoms with van der Waals surface area (Å²) in [4.78, 5) is 26.6. The molecule has 1 aliphatic rings. The standard InChI is InChI=1S/C25H30ClNO6/c1-14-7-15(2)13-27(12-14)23(29)11-19(18-6-5-16(25(30)31)8-20(18)26)24-21(28)9-17(32-3)10-22(24)33-4/h5-6,8-10,14-15,19,28H,7,11-13H2,1-4H3,(H,30,31). The number of piperidine rings is 1. The number of phenolic OH excluding ortho intramolecular Hbond substituents is 1. The van der Waals surface area contributed by atoms with Gasteiger partial charge >= 0.3 is 5.97 Å². The molecule has 1 aliphatic heterocycles. The highest BCUT2D eigenvalue weighted by molar-refractivity contribution is 6.31. The van der Waals surface area contributed by atoms with Crippen LogP contribution in [0.15, 0.2) is 30.3 Å². The number of carboxylic acids is 1. The number of halogens is 1. The van der Waals surface area contributed by atoms with Crippen LogP contribution < -0.4 is 9.47 Å². The minimum absolute atomic E-state index is 0.0402. The van der Waals surface area contributed by atoms with Gasteiger partial charge in [0.25, 0.3) is 0 Å². The molecule has 1 fully saturated rings. The lowest BCUT2D eigenvalue weighted by Gasteiger charge is -2.36. The van der Waals surface area contributed by atoms with Crippen molar-refractivity contribution >= 4 is 23.5 Å². The second-order valence-electron chi connectivity index (χ2n) is 8.81. The van der Waals surface area contributed by atoms with E-state index in [0.717, 1.165) is 6.42 Å². The van der Waals surface area contributed by atoms with E-state index < -0.39 is 11.9 Å². The molecule has 1 saturated heterocycles. The van der Waals surface area contributed by atoms with E-state index in [0.29, 0.717) is 47.6 Å². The fourth-order valence-corrected chi connectivity index (χ4v) is 5.02. The molecule has 178 valence electrons. The number of carboxylic acid groups (broad SMARTS) is 1. The van der Waals surface area contributed by atoms with Gasteiger partial charge in [-0.25, -0.2) is 4.79 Å². The molecular formula is C25H30ClNO6. The van der Waals surface area contributed by atoms with E-state index in [1.807, 2.05) is 4.90 Å². The first-order chi connectivity index (χ1) is 15.6. The Bertz CT molecular complexity index is 1030. The highest BCUT2D eigenvalue weighted by atomic mass is 35.5. The molecule has 1 heterocycles. The molecule has 3 atom stereocenters. The number of hydrogen-bond donors (Lipinski definition) is 2. The van der Waals surface area contributed by atoms with Gasteiger partial charge in [0.2, 0.25) is 5.91 Å². The lowest BCUT2D eigenvalue weighted by molar-refractivity contribution is -0.134. The Morgan fingerprint density at radius 3 is 2.33 bits per heavy atom. The summed E-state index contributed by atoms with van der Waals surface area (Å²) in [5, 5.41) is 20.4. The first kappa shape index (κ1) is 24.7. The Morgan fingerprint density at radius 2 is 1.79 bits per heavy atom. The summed E-state index contributed by atoms with van der Waals surface area (Å²) in [6.45, 7) is 5.61. The Hall–Kier alpha value is -2.93. The van der Waals surface area contributed by atoms with Crippen LogP contribution in [0.3, 0.4) is 0 Å². The number of ether oxygens (including phenoxy) is 2. The summed E-state index contributed by atoms with van der Waals surface area (Å²) < 4.78 is 10.8. The summed E-state index contributed by atoms with van der Waals surface area (Å²) in [7, 11) is 2.95. The van der Waals surface area contributed by atoms with Gasteiger partial charge in [0.05, 0.1) is 19.8 Å². The summed E-state index contributed by atoms with van der Waals surface area (Å²) >= 11 is 6.50. The molecule has 0 aromatic heterocycles. The summed E-state index contributed by atoms with van der Waals surface area (Å²) in [6, 6.07) is 7.49. The SMILES string of the molecule is COc1cc(O)c(C(CC(=O)N2CC(C)CC(C)C2)c2ccc(C(=O)O)cc2Cl)c(OC)c1. The van der Waals surface area contributed by atoms with E-state index in [9.17, 15) is 19.8 Å². The van der Waals surface area contributed by atoms with Crippen LogP contribution in [0.1, 0.15) is 54.1 Å². The molecule has 0 bridgehead atoms. The van der Waals surface area contributed by atoms with Gasteiger partial charge in [-0.05, 0) is 36.0 Å². The minimum atomic E-state index is -1.10. The number of hydrogen-bond acceptors (Lipinski definition) is 5. The van der Waals surface area contributed by atoms with E-state index in [1.54, 1.807) is 12.1 Å². The van der Waals surface area contributed by atoms with Crippen LogP contribution in [0.5, 0.6) is 17.2 Å². The second-order valence-corrected chi connectivity index (χ2v) is 9.21. The number of phenols is 1. The van der Waals surface area contributed by atoms with Gasteiger partial charge in [-0.15, -0.1) is 0 Å². The van der Waals surface area contributed by atoms with Crippen molar-refractivity contribution < 1.29 is 29.3 Å². The topological polar surface area (TPSA) is 96.3 Å². The van der Waals surface area contributed by atoms with Crippen molar-refractivity contribution in [3.05, 3.63) is 52.0 Å². The van der Waals surface area contributed by atoms with Crippen LogP contribution >= 0.6 is 11.6 Å². The maximum atomic E-state index is 13.4. The fraction of sp³-hybridized carbons (Fsp3) is 0.440. The van der Waals surface area contributed by atoms with Crippen molar-refractivity contribution in [3.8, 4) is 17.2 Å². The molecule has 33 heavy (non-hydrogen) atoms. The number of aromatic hydroxyl groups is 1. The number of nitrogens with zero attached hydrogens (tertiary/aromatic N) is 1. The Labute approximate surface area is 198 Å². The molecule has 0 saturated carbocycles. The molecule has 7 nitrogen and oxygen atoms in total. The fourth-order valence-electron chi connectivity index (χ4n) is 4.70. The lowest BCUT2D eigenvalue weighted by atomic mass is 9.85. The van der Waals surface area contributed by atoms with Crippen LogP contribution in [0.2, 0.25) is 5.02 Å². The molecule has 0 aliphatic carbocycles. The highest BCUT2D eigenvalue weighted by Crippen LogP contribution is 2.45. The molecule has 2 N–H and O–H groups in total. The maximum Gasteiger partial charge on any atom is 0.335 e. The van der Waals surface area contributed by atoms with Gasteiger partial charge in [0.15, 0.2) is 0 Å². The quantitative estimate of drug-likeness (QED) is 0.597. The largest absolute Gasteiger partial charge is 0.507 e. The van der Waals surface area contributed by atoms with Crippen molar-refractivity contribution in [3.63, 3.8) is 0 Å². The number of rotatable bonds is 7. The molecule has 1 amide bonds. The van der Waals surface area contributed by atoms with E-state index in [2.05, 4.69) is 13.8 Å². The maximum absolute atomic E-state index is 13.4. The zero-order valence-corrected chi connectivity index (χ0v) is 20.1. The first-order valence-corrected chi connectivity index (χ1v) is 11.3. The number of carbonyl (C=O) groups is 2. The van der Waals surface area contributed by atoms with Gasteiger partial charge in [-0.2, -0.15) is 0 Å². The molecule has 3 rings (SSSR count). The van der Waals surface area contributed by atoms with Crippen LogP contribution in [0, 0.1) is 11.8 Å². The van der Waals surface area contributed by atoms with E-state index in [4.69, 9.17) is 21.1 Å². The number of benzene rings is 2. The van der Waals surface area contributed by atoms with Gasteiger partial charge in [-0.3, -0.25) is 4.79 Å². The molecule has 3 unspecified atom stereocenters. The zero-order valence-electron chi connectivity index (χ0n) is 19.3. The Kier molecular flexibility index (Phi) is 7.74. The number of likely N-dealkylation sites (tertiary alicyclic amines) is 1. The lowest BCUT2D eigenvalue weighted by Crippen LogP contribution is -2.43. The van der Waals surface area contributed by atoms with E-state index in [1.165, 1.54) is 32.4 Å². The third kappa shape index (κ3) is 5.53. The molecule has 8 heteroatoms. The predicted octanol–water partition coefficient (Wildman–Crippen LogP) is 4.79. The number of amides is 1. The van der Waals surface area contributed by atoms with Crippen LogP contribution in [-0.4, -0.2) is 54.3 Å². The van der Waals surface area contributed by atoms with Crippen molar-refractivity contribution in [2.24, 2.45) is 11.8 Å². The van der Waals surface area contributed by atoms with Gasteiger partial charge in [-0.1, -0.05) is 31.5 Å². The first-order valence-electron chi connectivity index (χ1n) is 10.9. The summed E-state index contributed by atoms with van der Waals surface area (Å²) in [5.74, 6) is -0.347. The van der Waals surface area contributed by atoms with Gasteiger partial charge < -0.3 is 24.6 Å². The van der Waals surface area contributed by atoms with Crippen molar-refractivity contribution in [1.82, 2.24) is 4.90 Å². The van der Waals surface area contributed by atoms with Crippen molar-refractivity contribution in [2.45, 2.75) is 32.6 Å². The number of carbonyl (C=O) groups excluding carboxylic acids is 1. The third-order valence-electron chi connectivity index (χ3n) is 6.12. The van der Waals surface area contributed by atoms with Crippen LogP contribution in [0.25, 0.3) is 0 Å². The number of aromatic carboxylic acids is 1. The average Bonchev–Trinajstić information content (AvgIpc) is 2.76. The monoisotopic (exact) mass is 475 g/mol. The van der Waals surface area contributed by atoms with Gasteiger partial charge in [0.1, 0.15) is 17.2 Å². The molecule has 2 aromatic carbocycles. The Morgan fingerprint density at radius 1 is 1.12 bits per heavy atom.